The summed E-state index contributed by atoms with van der Waals surface area (Å²) in [6.45, 7) is 3.23. The van der Waals surface area contributed by atoms with E-state index in [0.717, 1.165) is 0 Å². The van der Waals surface area contributed by atoms with E-state index in [1.54, 1.807) is 38.1 Å². The van der Waals surface area contributed by atoms with Gasteiger partial charge in [0, 0.05) is 11.4 Å². The first kappa shape index (κ1) is 14.7. The number of nitro groups is 1. The number of anilines is 1. The zero-order chi connectivity index (χ0) is 15.6. The maximum absolute atomic E-state index is 11.2. The molecule has 1 aromatic carbocycles. The number of carboxylic acid groups (broad SMARTS) is 1. The van der Waals surface area contributed by atoms with Crippen molar-refractivity contribution in [1.29, 1.82) is 0 Å². The second-order valence-corrected chi connectivity index (χ2v) is 4.85. The summed E-state index contributed by atoms with van der Waals surface area (Å²) in [5.41, 5.74) is 0.741. The average Bonchev–Trinajstić information content (AvgIpc) is 2.46. The Bertz CT molecular complexity index is 702. The highest BCUT2D eigenvalue weighted by molar-refractivity contribution is 5.95. The minimum atomic E-state index is -0.962. The molecule has 1 heterocycles. The van der Waals surface area contributed by atoms with Crippen LogP contribution in [-0.2, 0) is 4.79 Å². The van der Waals surface area contributed by atoms with E-state index in [1.807, 2.05) is 0 Å². The van der Waals surface area contributed by atoms with E-state index in [0.29, 0.717) is 16.6 Å². The summed E-state index contributed by atoms with van der Waals surface area (Å²) in [6, 6.07) is 6.54. The van der Waals surface area contributed by atoms with Crippen molar-refractivity contribution < 1.29 is 14.8 Å². The van der Waals surface area contributed by atoms with E-state index in [2.05, 4.69) is 10.3 Å². The fourth-order valence-corrected chi connectivity index (χ4v) is 1.99. The molecule has 2 atom stereocenters. The molecule has 0 bridgehead atoms. The number of pyridine rings is 1. The summed E-state index contributed by atoms with van der Waals surface area (Å²) in [7, 11) is 0. The fourth-order valence-electron chi connectivity index (χ4n) is 1.99. The number of benzene rings is 1. The second-order valence-electron chi connectivity index (χ2n) is 4.85. The molecule has 0 saturated heterocycles. The number of aromatic nitrogens is 1. The molecule has 0 radical (unpaired) electrons. The summed E-state index contributed by atoms with van der Waals surface area (Å²) in [5.74, 6) is -1.65. The Balaban J connectivity index is 2.51. The lowest BCUT2D eigenvalue weighted by atomic mass is 10.0. The Morgan fingerprint density at radius 3 is 2.67 bits per heavy atom. The minimum Gasteiger partial charge on any atom is -0.481 e. The topological polar surface area (TPSA) is 105 Å². The molecule has 0 aliphatic rings. The van der Waals surface area contributed by atoms with E-state index in [4.69, 9.17) is 5.11 Å². The standard InChI is InChI=1S/C14H15N3O4/c1-8(14(18)19)9(2)16-13-10-5-3-4-6-11(10)15-7-12(13)17(20)21/h3-9H,1-2H3,(H,15,16)(H,18,19). The van der Waals surface area contributed by atoms with Gasteiger partial charge in [-0.05, 0) is 19.9 Å². The van der Waals surface area contributed by atoms with Gasteiger partial charge in [-0.1, -0.05) is 18.2 Å². The lowest BCUT2D eigenvalue weighted by Crippen LogP contribution is -2.30. The van der Waals surface area contributed by atoms with Gasteiger partial charge in [-0.3, -0.25) is 14.9 Å². The Labute approximate surface area is 120 Å². The first-order valence-corrected chi connectivity index (χ1v) is 6.43. The molecule has 0 aliphatic carbocycles. The van der Waals surface area contributed by atoms with Crippen LogP contribution in [0.3, 0.4) is 0 Å². The van der Waals surface area contributed by atoms with Crippen molar-refractivity contribution in [2.24, 2.45) is 5.92 Å². The fraction of sp³-hybridized carbons (Fsp3) is 0.286. The van der Waals surface area contributed by atoms with Crippen LogP contribution in [0.2, 0.25) is 0 Å². The van der Waals surface area contributed by atoms with Gasteiger partial charge in [0.25, 0.3) is 0 Å². The smallest absolute Gasteiger partial charge is 0.311 e. The molecule has 2 rings (SSSR count). The molecule has 0 amide bonds. The Hall–Kier alpha value is -2.70. The maximum Gasteiger partial charge on any atom is 0.311 e. The van der Waals surface area contributed by atoms with Gasteiger partial charge in [-0.2, -0.15) is 0 Å². The van der Waals surface area contributed by atoms with E-state index in [1.165, 1.54) is 6.20 Å². The number of hydrogen-bond donors (Lipinski definition) is 2. The molecule has 21 heavy (non-hydrogen) atoms. The van der Waals surface area contributed by atoms with Crippen molar-refractivity contribution >= 4 is 28.2 Å². The largest absolute Gasteiger partial charge is 0.481 e. The zero-order valence-electron chi connectivity index (χ0n) is 11.6. The Morgan fingerprint density at radius 1 is 1.38 bits per heavy atom. The van der Waals surface area contributed by atoms with Gasteiger partial charge in [0.1, 0.15) is 11.9 Å². The number of carbonyl (C=O) groups is 1. The predicted octanol–water partition coefficient (Wildman–Crippen LogP) is 2.66. The Kier molecular flexibility index (Phi) is 4.02. The minimum absolute atomic E-state index is 0.168. The molecule has 0 saturated carbocycles. The average molecular weight is 289 g/mol. The van der Waals surface area contributed by atoms with Crippen LogP contribution in [0.4, 0.5) is 11.4 Å². The van der Waals surface area contributed by atoms with Crippen molar-refractivity contribution in [3.63, 3.8) is 0 Å². The summed E-state index contributed by atoms with van der Waals surface area (Å²) >= 11 is 0. The van der Waals surface area contributed by atoms with E-state index in [-0.39, 0.29) is 5.69 Å². The van der Waals surface area contributed by atoms with Crippen LogP contribution in [-0.4, -0.2) is 27.0 Å². The number of rotatable bonds is 5. The third-order valence-corrected chi connectivity index (χ3v) is 3.46. The number of para-hydroxylation sites is 1. The summed E-state index contributed by atoms with van der Waals surface area (Å²) in [4.78, 5) is 25.7. The number of fused-ring (bicyclic) bond motifs is 1. The summed E-state index contributed by atoms with van der Waals surface area (Å²) in [5, 5.41) is 23.7. The van der Waals surface area contributed by atoms with E-state index < -0.39 is 22.9 Å². The lowest BCUT2D eigenvalue weighted by Gasteiger charge is -2.19. The molecule has 2 N–H and O–H groups in total. The van der Waals surface area contributed by atoms with Gasteiger partial charge in [-0.15, -0.1) is 0 Å². The van der Waals surface area contributed by atoms with Crippen molar-refractivity contribution in [3.8, 4) is 0 Å². The molecular formula is C14H15N3O4. The van der Waals surface area contributed by atoms with Gasteiger partial charge >= 0.3 is 11.7 Å². The van der Waals surface area contributed by atoms with Crippen molar-refractivity contribution in [1.82, 2.24) is 4.98 Å². The van der Waals surface area contributed by atoms with Crippen LogP contribution < -0.4 is 5.32 Å². The molecule has 2 unspecified atom stereocenters. The highest BCUT2D eigenvalue weighted by atomic mass is 16.6. The molecule has 0 fully saturated rings. The molecule has 7 nitrogen and oxygen atoms in total. The number of carboxylic acids is 1. The molecule has 1 aromatic heterocycles. The third-order valence-electron chi connectivity index (χ3n) is 3.46. The molecule has 0 spiro atoms. The van der Waals surface area contributed by atoms with Crippen LogP contribution in [0.1, 0.15) is 13.8 Å². The van der Waals surface area contributed by atoms with E-state index >= 15 is 0 Å². The van der Waals surface area contributed by atoms with Crippen molar-refractivity contribution in [3.05, 3.63) is 40.6 Å². The SMILES string of the molecule is CC(Nc1c([N+](=O)[O-])cnc2ccccc12)C(C)C(=O)O. The normalized spacial score (nSPS) is 13.6. The molecule has 7 heteroatoms. The van der Waals surface area contributed by atoms with Gasteiger partial charge in [0.2, 0.25) is 0 Å². The number of nitrogens with zero attached hydrogens (tertiary/aromatic N) is 2. The molecule has 110 valence electrons. The Morgan fingerprint density at radius 2 is 2.05 bits per heavy atom. The number of aliphatic carboxylic acids is 1. The van der Waals surface area contributed by atoms with Crippen LogP contribution in [0.15, 0.2) is 30.5 Å². The third kappa shape index (κ3) is 2.91. The van der Waals surface area contributed by atoms with Crippen LogP contribution in [0.5, 0.6) is 0 Å². The second kappa shape index (κ2) is 5.74. The van der Waals surface area contributed by atoms with Gasteiger partial charge in [0.15, 0.2) is 0 Å². The predicted molar refractivity (Wildman–Crippen MR) is 78.3 cm³/mol. The van der Waals surface area contributed by atoms with Crippen molar-refractivity contribution in [2.45, 2.75) is 19.9 Å². The van der Waals surface area contributed by atoms with Gasteiger partial charge in [-0.25, -0.2) is 4.98 Å². The van der Waals surface area contributed by atoms with Crippen LogP contribution in [0.25, 0.3) is 10.9 Å². The maximum atomic E-state index is 11.2. The highest BCUT2D eigenvalue weighted by Crippen LogP contribution is 2.32. The summed E-state index contributed by atoms with van der Waals surface area (Å²) < 4.78 is 0. The van der Waals surface area contributed by atoms with Crippen LogP contribution in [0, 0.1) is 16.0 Å². The molecular weight excluding hydrogens is 274 g/mol. The van der Waals surface area contributed by atoms with Gasteiger partial charge < -0.3 is 10.4 Å². The van der Waals surface area contributed by atoms with Crippen molar-refractivity contribution in [2.75, 3.05) is 5.32 Å². The monoisotopic (exact) mass is 289 g/mol. The highest BCUT2D eigenvalue weighted by Gasteiger charge is 2.24. The number of hydrogen-bond acceptors (Lipinski definition) is 5. The molecule has 2 aromatic rings. The summed E-state index contributed by atoms with van der Waals surface area (Å²) in [6.07, 6.45) is 1.18. The first-order chi connectivity index (χ1) is 9.91. The lowest BCUT2D eigenvalue weighted by molar-refractivity contribution is -0.384. The quantitative estimate of drug-likeness (QED) is 0.647. The zero-order valence-corrected chi connectivity index (χ0v) is 11.6. The number of nitrogens with one attached hydrogen (secondary N) is 1. The molecule has 0 aliphatic heterocycles. The van der Waals surface area contributed by atoms with Gasteiger partial charge in [0.05, 0.1) is 16.4 Å². The van der Waals surface area contributed by atoms with Crippen LogP contribution >= 0.6 is 0 Å². The van der Waals surface area contributed by atoms with E-state index in [9.17, 15) is 14.9 Å². The first-order valence-electron chi connectivity index (χ1n) is 6.43.